The van der Waals surface area contributed by atoms with Crippen LogP contribution in [0.2, 0.25) is 0 Å². The number of rotatable bonds is 6. The molecule has 0 aliphatic rings. The molecule has 0 saturated heterocycles. The van der Waals surface area contributed by atoms with E-state index in [1.807, 2.05) is 18.2 Å². The van der Waals surface area contributed by atoms with Crippen molar-refractivity contribution in [2.75, 3.05) is 24.9 Å². The molecule has 1 amide bonds. The van der Waals surface area contributed by atoms with Gasteiger partial charge in [0.05, 0.1) is 31.0 Å². The maximum absolute atomic E-state index is 12.5. The van der Waals surface area contributed by atoms with Gasteiger partial charge in [-0.05, 0) is 24.3 Å². The van der Waals surface area contributed by atoms with Gasteiger partial charge in [-0.3, -0.25) is 4.79 Å². The van der Waals surface area contributed by atoms with Crippen LogP contribution in [0, 0.1) is 0 Å². The minimum absolute atomic E-state index is 0.246. The summed E-state index contributed by atoms with van der Waals surface area (Å²) in [4.78, 5) is 32.6. The maximum Gasteiger partial charge on any atom is 0.339 e. The Bertz CT molecular complexity index is 990. The quantitative estimate of drug-likeness (QED) is 0.635. The van der Waals surface area contributed by atoms with Gasteiger partial charge < -0.3 is 20.1 Å². The fourth-order valence-electron chi connectivity index (χ4n) is 2.41. The molecule has 2 N–H and O–H groups in total. The van der Waals surface area contributed by atoms with Gasteiger partial charge in [0.15, 0.2) is 0 Å². The summed E-state index contributed by atoms with van der Waals surface area (Å²) >= 11 is 0. The van der Waals surface area contributed by atoms with Crippen molar-refractivity contribution in [3.05, 3.63) is 72.1 Å². The van der Waals surface area contributed by atoms with E-state index < -0.39 is 11.9 Å². The SMILES string of the molecule is COC(=O)c1ccccc1NC(=O)c1cnc(Nc2cccc(OC)c2)nc1. The zero-order valence-electron chi connectivity index (χ0n) is 15.3. The van der Waals surface area contributed by atoms with Gasteiger partial charge in [-0.25, -0.2) is 14.8 Å². The first-order valence-electron chi connectivity index (χ1n) is 8.32. The number of amides is 1. The normalized spacial score (nSPS) is 10.1. The molecule has 8 nitrogen and oxygen atoms in total. The van der Waals surface area contributed by atoms with Crippen molar-refractivity contribution in [2.24, 2.45) is 0 Å². The second kappa shape index (κ2) is 8.63. The molecule has 0 radical (unpaired) electrons. The number of carbonyl (C=O) groups is 2. The lowest BCUT2D eigenvalue weighted by atomic mass is 10.1. The number of nitrogens with one attached hydrogen (secondary N) is 2. The molecule has 3 aromatic rings. The summed E-state index contributed by atoms with van der Waals surface area (Å²) in [6.45, 7) is 0. The molecule has 0 saturated carbocycles. The molecule has 0 spiro atoms. The molecule has 8 heteroatoms. The summed E-state index contributed by atoms with van der Waals surface area (Å²) in [5.41, 5.74) is 1.60. The van der Waals surface area contributed by atoms with E-state index in [-0.39, 0.29) is 11.1 Å². The Balaban J connectivity index is 1.71. The van der Waals surface area contributed by atoms with Crippen molar-refractivity contribution in [3.63, 3.8) is 0 Å². The van der Waals surface area contributed by atoms with E-state index in [0.717, 1.165) is 5.69 Å². The summed E-state index contributed by atoms with van der Waals surface area (Å²) in [5.74, 6) is 0.0549. The Labute approximate surface area is 161 Å². The molecule has 0 aliphatic carbocycles. The van der Waals surface area contributed by atoms with Crippen LogP contribution in [0.5, 0.6) is 5.75 Å². The highest BCUT2D eigenvalue weighted by Crippen LogP contribution is 2.20. The molecular formula is C20H18N4O4. The predicted octanol–water partition coefficient (Wildman–Crippen LogP) is 3.27. The first-order chi connectivity index (χ1) is 13.6. The molecular weight excluding hydrogens is 360 g/mol. The van der Waals surface area contributed by atoms with Crippen LogP contribution in [-0.2, 0) is 4.74 Å². The Morgan fingerprint density at radius 1 is 0.964 bits per heavy atom. The lowest BCUT2D eigenvalue weighted by Gasteiger charge is -2.10. The standard InChI is InChI=1S/C20H18N4O4/c1-27-15-7-5-6-14(10-15)23-20-21-11-13(12-22-20)18(25)24-17-9-4-3-8-16(17)19(26)28-2/h3-12H,1-2H3,(H,24,25)(H,21,22,23). The van der Waals surface area contributed by atoms with E-state index >= 15 is 0 Å². The molecule has 0 atom stereocenters. The second-order valence-electron chi connectivity index (χ2n) is 5.64. The van der Waals surface area contributed by atoms with Crippen LogP contribution in [0.4, 0.5) is 17.3 Å². The summed E-state index contributed by atoms with van der Waals surface area (Å²) in [6, 6.07) is 13.9. The highest BCUT2D eigenvalue weighted by atomic mass is 16.5. The number of nitrogens with zero attached hydrogens (tertiary/aromatic N) is 2. The molecule has 1 aromatic heterocycles. The van der Waals surface area contributed by atoms with Gasteiger partial charge in [0, 0.05) is 24.1 Å². The first-order valence-corrected chi connectivity index (χ1v) is 8.32. The lowest BCUT2D eigenvalue weighted by Crippen LogP contribution is -2.16. The monoisotopic (exact) mass is 378 g/mol. The van der Waals surface area contributed by atoms with Crippen molar-refractivity contribution in [1.29, 1.82) is 0 Å². The van der Waals surface area contributed by atoms with E-state index in [4.69, 9.17) is 9.47 Å². The number of aromatic nitrogens is 2. The van der Waals surface area contributed by atoms with E-state index in [2.05, 4.69) is 20.6 Å². The average molecular weight is 378 g/mol. The maximum atomic E-state index is 12.5. The molecule has 0 fully saturated rings. The topological polar surface area (TPSA) is 102 Å². The molecule has 3 rings (SSSR count). The van der Waals surface area contributed by atoms with E-state index in [1.54, 1.807) is 37.4 Å². The van der Waals surface area contributed by atoms with Crippen molar-refractivity contribution < 1.29 is 19.1 Å². The summed E-state index contributed by atoms with van der Waals surface area (Å²) < 4.78 is 9.89. The summed E-state index contributed by atoms with van der Waals surface area (Å²) in [5, 5.41) is 5.70. The van der Waals surface area contributed by atoms with Crippen LogP contribution < -0.4 is 15.4 Å². The van der Waals surface area contributed by atoms with Crippen molar-refractivity contribution in [1.82, 2.24) is 9.97 Å². The van der Waals surface area contributed by atoms with Crippen molar-refractivity contribution >= 4 is 29.2 Å². The number of methoxy groups -OCH3 is 2. The smallest absolute Gasteiger partial charge is 0.339 e. The zero-order valence-corrected chi connectivity index (χ0v) is 15.3. The van der Waals surface area contributed by atoms with Gasteiger partial charge >= 0.3 is 5.97 Å². The van der Waals surface area contributed by atoms with Crippen LogP contribution in [0.15, 0.2) is 60.9 Å². The molecule has 0 bridgehead atoms. The van der Waals surface area contributed by atoms with Gasteiger partial charge in [0.25, 0.3) is 5.91 Å². The zero-order chi connectivity index (χ0) is 19.9. The fraction of sp³-hybridized carbons (Fsp3) is 0.100. The van der Waals surface area contributed by atoms with Gasteiger partial charge in [-0.2, -0.15) is 0 Å². The second-order valence-corrected chi connectivity index (χ2v) is 5.64. The minimum atomic E-state index is -0.537. The number of hydrogen-bond donors (Lipinski definition) is 2. The van der Waals surface area contributed by atoms with E-state index in [9.17, 15) is 9.59 Å². The fourth-order valence-corrected chi connectivity index (χ4v) is 2.41. The highest BCUT2D eigenvalue weighted by Gasteiger charge is 2.15. The number of benzene rings is 2. The number of carbonyl (C=O) groups excluding carboxylic acids is 2. The van der Waals surface area contributed by atoms with Crippen LogP contribution in [0.25, 0.3) is 0 Å². The molecule has 1 heterocycles. The van der Waals surface area contributed by atoms with Crippen molar-refractivity contribution in [2.45, 2.75) is 0 Å². The molecule has 0 aliphatic heterocycles. The van der Waals surface area contributed by atoms with Gasteiger partial charge in [0.2, 0.25) is 5.95 Å². The summed E-state index contributed by atoms with van der Waals surface area (Å²) in [6.07, 6.45) is 2.79. The summed E-state index contributed by atoms with van der Waals surface area (Å²) in [7, 11) is 2.87. The Morgan fingerprint density at radius 3 is 2.43 bits per heavy atom. The van der Waals surface area contributed by atoms with Gasteiger partial charge in [-0.15, -0.1) is 0 Å². The van der Waals surface area contributed by atoms with Crippen LogP contribution in [0.3, 0.4) is 0 Å². The molecule has 28 heavy (non-hydrogen) atoms. The highest BCUT2D eigenvalue weighted by molar-refractivity contribution is 6.07. The van der Waals surface area contributed by atoms with Crippen LogP contribution >= 0.6 is 0 Å². The van der Waals surface area contributed by atoms with Gasteiger partial charge in [0.1, 0.15) is 5.75 Å². The minimum Gasteiger partial charge on any atom is -0.497 e. The van der Waals surface area contributed by atoms with E-state index in [1.165, 1.54) is 19.5 Å². The lowest BCUT2D eigenvalue weighted by molar-refractivity contribution is 0.0602. The average Bonchev–Trinajstić information content (AvgIpc) is 2.74. The van der Waals surface area contributed by atoms with E-state index in [0.29, 0.717) is 17.4 Å². The number of esters is 1. The van der Waals surface area contributed by atoms with Gasteiger partial charge in [-0.1, -0.05) is 18.2 Å². The first kappa shape index (κ1) is 18.8. The third kappa shape index (κ3) is 4.42. The Kier molecular flexibility index (Phi) is 5.81. The number of anilines is 3. The number of hydrogen-bond acceptors (Lipinski definition) is 7. The predicted molar refractivity (Wildman–Crippen MR) is 104 cm³/mol. The van der Waals surface area contributed by atoms with Crippen LogP contribution in [-0.4, -0.2) is 36.1 Å². The Hall–Kier alpha value is -3.94. The van der Waals surface area contributed by atoms with Crippen LogP contribution in [0.1, 0.15) is 20.7 Å². The Morgan fingerprint density at radius 2 is 1.71 bits per heavy atom. The third-order valence-electron chi connectivity index (χ3n) is 3.82. The third-order valence-corrected chi connectivity index (χ3v) is 3.82. The van der Waals surface area contributed by atoms with Crippen molar-refractivity contribution in [3.8, 4) is 5.75 Å². The number of ether oxygens (including phenoxy) is 2. The molecule has 2 aromatic carbocycles. The molecule has 142 valence electrons. The number of para-hydroxylation sites is 1. The molecule has 0 unspecified atom stereocenters. The largest absolute Gasteiger partial charge is 0.497 e.